The molecule has 2 heterocycles. The third kappa shape index (κ3) is 2.59. The number of fused-ring (bicyclic) bond motifs is 1. The molecule has 0 radical (unpaired) electrons. The molecule has 1 fully saturated rings. The molecule has 1 amide bonds. The number of aliphatic hydroxyl groups excluding tert-OH is 1. The number of carbonyl (C=O) groups is 1. The van der Waals surface area contributed by atoms with Gasteiger partial charge in [0.05, 0.1) is 19.4 Å². The minimum Gasteiger partial charge on any atom is -0.388 e. The molecule has 2 atom stereocenters. The van der Waals surface area contributed by atoms with Crippen LogP contribution in [-0.2, 0) is 17.6 Å². The van der Waals surface area contributed by atoms with Gasteiger partial charge >= 0.3 is 0 Å². The van der Waals surface area contributed by atoms with Crippen molar-refractivity contribution in [3.05, 3.63) is 47.3 Å². The molecule has 1 aliphatic carbocycles. The first kappa shape index (κ1) is 15.3. The minimum absolute atomic E-state index is 0.139. The second-order valence-corrected chi connectivity index (χ2v) is 6.50. The van der Waals surface area contributed by atoms with Crippen LogP contribution in [0.5, 0.6) is 0 Å². The number of ether oxygens (including phenoxy) is 1. The van der Waals surface area contributed by atoms with Crippen molar-refractivity contribution < 1.29 is 14.6 Å². The fraction of sp³-hybridized carbons (Fsp3) is 0.471. The average Bonchev–Trinajstić information content (AvgIpc) is 3.31. The van der Waals surface area contributed by atoms with E-state index in [1.807, 2.05) is 19.2 Å². The van der Waals surface area contributed by atoms with Gasteiger partial charge in [-0.3, -0.25) is 4.79 Å². The fourth-order valence-corrected chi connectivity index (χ4v) is 3.48. The molecule has 1 aromatic heterocycles. The molecule has 126 valence electrons. The molecule has 0 saturated carbocycles. The SMILES string of the molecule is CN(C(=O)c1cn([C@@H]2COC[C@H]2O)nn1)C1Cc2ccccc2C1. The summed E-state index contributed by atoms with van der Waals surface area (Å²) < 4.78 is 6.75. The molecule has 24 heavy (non-hydrogen) atoms. The van der Waals surface area contributed by atoms with Crippen LogP contribution in [0.4, 0.5) is 0 Å². The number of benzene rings is 1. The Kier molecular flexibility index (Phi) is 3.82. The monoisotopic (exact) mass is 328 g/mol. The molecule has 1 saturated heterocycles. The fourth-order valence-electron chi connectivity index (χ4n) is 3.48. The van der Waals surface area contributed by atoms with Crippen LogP contribution in [0, 0.1) is 0 Å². The lowest BCUT2D eigenvalue weighted by Gasteiger charge is -2.23. The van der Waals surface area contributed by atoms with Gasteiger partial charge in [-0.25, -0.2) is 4.68 Å². The summed E-state index contributed by atoms with van der Waals surface area (Å²) in [6.45, 7) is 0.667. The molecular weight excluding hydrogens is 308 g/mol. The van der Waals surface area contributed by atoms with Crippen molar-refractivity contribution in [2.24, 2.45) is 0 Å². The number of hydrogen-bond donors (Lipinski definition) is 1. The zero-order chi connectivity index (χ0) is 16.7. The first-order valence-electron chi connectivity index (χ1n) is 8.15. The lowest BCUT2D eigenvalue weighted by molar-refractivity contribution is 0.0731. The van der Waals surface area contributed by atoms with Gasteiger partial charge in [0.2, 0.25) is 0 Å². The molecule has 7 heteroatoms. The maximum Gasteiger partial charge on any atom is 0.276 e. The van der Waals surface area contributed by atoms with Crippen molar-refractivity contribution in [2.45, 2.75) is 31.0 Å². The largest absolute Gasteiger partial charge is 0.388 e. The summed E-state index contributed by atoms with van der Waals surface area (Å²) in [4.78, 5) is 14.5. The number of carbonyl (C=O) groups excluding carboxylic acids is 1. The van der Waals surface area contributed by atoms with Crippen molar-refractivity contribution in [2.75, 3.05) is 20.3 Å². The van der Waals surface area contributed by atoms with Crippen molar-refractivity contribution in [3.63, 3.8) is 0 Å². The third-order valence-electron chi connectivity index (χ3n) is 4.99. The van der Waals surface area contributed by atoms with Crippen molar-refractivity contribution in [1.29, 1.82) is 0 Å². The first-order valence-corrected chi connectivity index (χ1v) is 8.15. The first-order chi connectivity index (χ1) is 11.6. The van der Waals surface area contributed by atoms with E-state index in [4.69, 9.17) is 4.74 Å². The van der Waals surface area contributed by atoms with Gasteiger partial charge in [0.1, 0.15) is 12.1 Å². The molecule has 4 rings (SSSR count). The van der Waals surface area contributed by atoms with E-state index in [9.17, 15) is 9.90 Å². The summed E-state index contributed by atoms with van der Waals surface area (Å²) in [7, 11) is 1.81. The number of nitrogens with zero attached hydrogens (tertiary/aromatic N) is 4. The molecular formula is C17H20N4O3. The summed E-state index contributed by atoms with van der Waals surface area (Å²) in [5.41, 5.74) is 2.90. The predicted octanol–water partition coefficient (Wildman–Crippen LogP) is 0.450. The molecule has 2 aliphatic rings. The third-order valence-corrected chi connectivity index (χ3v) is 4.99. The van der Waals surface area contributed by atoms with Gasteiger partial charge in [-0.05, 0) is 24.0 Å². The summed E-state index contributed by atoms with van der Waals surface area (Å²) in [6, 6.07) is 8.16. The number of aromatic nitrogens is 3. The van der Waals surface area contributed by atoms with Gasteiger partial charge in [0, 0.05) is 13.1 Å². The highest BCUT2D eigenvalue weighted by Gasteiger charge is 2.32. The van der Waals surface area contributed by atoms with Crippen LogP contribution < -0.4 is 0 Å². The maximum absolute atomic E-state index is 12.7. The van der Waals surface area contributed by atoms with Gasteiger partial charge in [-0.1, -0.05) is 29.5 Å². The van der Waals surface area contributed by atoms with Crippen molar-refractivity contribution >= 4 is 5.91 Å². The van der Waals surface area contributed by atoms with Crippen LogP contribution in [0.15, 0.2) is 30.5 Å². The van der Waals surface area contributed by atoms with E-state index in [2.05, 4.69) is 22.4 Å². The van der Waals surface area contributed by atoms with Gasteiger partial charge < -0.3 is 14.7 Å². The van der Waals surface area contributed by atoms with Crippen LogP contribution >= 0.6 is 0 Å². The van der Waals surface area contributed by atoms with Gasteiger partial charge in [0.25, 0.3) is 5.91 Å². The van der Waals surface area contributed by atoms with E-state index >= 15 is 0 Å². The number of aliphatic hydroxyl groups is 1. The molecule has 0 unspecified atom stereocenters. The maximum atomic E-state index is 12.7. The number of hydrogen-bond acceptors (Lipinski definition) is 5. The Bertz CT molecular complexity index is 735. The Morgan fingerprint density at radius 3 is 2.62 bits per heavy atom. The second-order valence-electron chi connectivity index (χ2n) is 6.50. The number of rotatable bonds is 3. The van der Waals surface area contributed by atoms with Gasteiger partial charge in [-0.2, -0.15) is 0 Å². The molecule has 7 nitrogen and oxygen atoms in total. The molecule has 1 N–H and O–H groups in total. The van der Waals surface area contributed by atoms with Crippen molar-refractivity contribution in [3.8, 4) is 0 Å². The topological polar surface area (TPSA) is 80.5 Å². The van der Waals surface area contributed by atoms with E-state index in [-0.39, 0.29) is 24.6 Å². The Hall–Kier alpha value is -2.25. The highest BCUT2D eigenvalue weighted by atomic mass is 16.5. The van der Waals surface area contributed by atoms with E-state index in [1.54, 1.807) is 11.1 Å². The number of likely N-dealkylation sites (N-methyl/N-ethyl adjacent to an activating group) is 1. The Labute approximate surface area is 139 Å². The Morgan fingerprint density at radius 1 is 1.29 bits per heavy atom. The van der Waals surface area contributed by atoms with E-state index in [0.29, 0.717) is 12.3 Å². The van der Waals surface area contributed by atoms with E-state index in [0.717, 1.165) is 12.8 Å². The molecule has 1 aliphatic heterocycles. The molecule has 2 aromatic rings. The van der Waals surface area contributed by atoms with Crippen LogP contribution in [-0.4, -0.2) is 63.3 Å². The smallest absolute Gasteiger partial charge is 0.276 e. The van der Waals surface area contributed by atoms with Crippen LogP contribution in [0.3, 0.4) is 0 Å². The molecule has 0 bridgehead atoms. The zero-order valence-corrected chi connectivity index (χ0v) is 13.5. The number of amides is 1. The lowest BCUT2D eigenvalue weighted by Crippen LogP contribution is -2.37. The van der Waals surface area contributed by atoms with Crippen molar-refractivity contribution in [1.82, 2.24) is 19.9 Å². The quantitative estimate of drug-likeness (QED) is 0.885. The predicted molar refractivity (Wildman–Crippen MR) is 85.6 cm³/mol. The van der Waals surface area contributed by atoms with Crippen LogP contribution in [0.1, 0.15) is 27.7 Å². The second kappa shape index (κ2) is 5.99. The summed E-state index contributed by atoms with van der Waals surface area (Å²) in [6.07, 6.45) is 2.71. The van der Waals surface area contributed by atoms with Crippen LogP contribution in [0.25, 0.3) is 0 Å². The normalized spacial score (nSPS) is 23.4. The molecule has 1 aromatic carbocycles. The van der Waals surface area contributed by atoms with E-state index in [1.165, 1.54) is 15.8 Å². The minimum atomic E-state index is -0.614. The van der Waals surface area contributed by atoms with E-state index < -0.39 is 6.10 Å². The van der Waals surface area contributed by atoms with Gasteiger partial charge in [-0.15, -0.1) is 5.10 Å². The Balaban J connectivity index is 1.47. The highest BCUT2D eigenvalue weighted by Crippen LogP contribution is 2.25. The molecule has 0 spiro atoms. The lowest BCUT2D eigenvalue weighted by atomic mass is 10.1. The zero-order valence-electron chi connectivity index (χ0n) is 13.5. The summed E-state index contributed by atoms with van der Waals surface area (Å²) in [5.74, 6) is -0.146. The summed E-state index contributed by atoms with van der Waals surface area (Å²) >= 11 is 0. The Morgan fingerprint density at radius 2 is 2.00 bits per heavy atom. The van der Waals surface area contributed by atoms with Crippen LogP contribution in [0.2, 0.25) is 0 Å². The standard InChI is InChI=1S/C17H20N4O3/c1-20(13-6-11-4-2-3-5-12(11)7-13)17(23)14-8-21(19-18-14)15-9-24-10-16(15)22/h2-5,8,13,15-16,22H,6-7,9-10H2,1H3/t15-,16-/m1/s1. The average molecular weight is 328 g/mol. The summed E-state index contributed by atoms with van der Waals surface area (Å²) in [5, 5.41) is 17.9. The highest BCUT2D eigenvalue weighted by molar-refractivity contribution is 5.92. The van der Waals surface area contributed by atoms with Gasteiger partial charge in [0.15, 0.2) is 5.69 Å².